The van der Waals surface area contributed by atoms with E-state index in [4.69, 9.17) is 9.47 Å². The zero-order valence-electron chi connectivity index (χ0n) is 11.1. The first-order chi connectivity index (χ1) is 9.69. The van der Waals surface area contributed by atoms with Crippen LogP contribution < -0.4 is 0 Å². The molecule has 0 unspecified atom stereocenters. The van der Waals surface area contributed by atoms with Gasteiger partial charge in [-0.05, 0) is 18.2 Å². The second-order valence-corrected chi connectivity index (χ2v) is 4.70. The van der Waals surface area contributed by atoms with Crippen LogP contribution in [-0.4, -0.2) is 22.6 Å². The molecule has 0 bridgehead atoms. The lowest BCUT2D eigenvalue weighted by molar-refractivity contribution is -0.385. The number of rotatable bonds is 2. The Morgan fingerprint density at radius 3 is 2.33 bits per heavy atom. The van der Waals surface area contributed by atoms with Gasteiger partial charge in [0.25, 0.3) is 11.5 Å². The van der Waals surface area contributed by atoms with Gasteiger partial charge in [0, 0.05) is 19.9 Å². The fourth-order valence-corrected chi connectivity index (χ4v) is 1.74. The monoisotopic (exact) mass is 295 g/mol. The average molecular weight is 295 g/mol. The van der Waals surface area contributed by atoms with Crippen molar-refractivity contribution < 1.29 is 28.4 Å². The molecular weight excluding hydrogens is 285 g/mol. The maximum Gasteiger partial charge on any atom is 0.348 e. The molecule has 0 radical (unpaired) electrons. The van der Waals surface area contributed by atoms with Crippen molar-refractivity contribution in [1.82, 2.24) is 0 Å². The van der Waals surface area contributed by atoms with Gasteiger partial charge in [0.05, 0.1) is 10.5 Å². The Labute approximate surface area is 118 Å². The summed E-state index contributed by atoms with van der Waals surface area (Å²) in [5.74, 6) is -4.14. The van der Waals surface area contributed by atoms with Crippen LogP contribution >= 0.6 is 0 Å². The van der Waals surface area contributed by atoms with E-state index in [1.165, 1.54) is 13.8 Å². The summed E-state index contributed by atoms with van der Waals surface area (Å²) >= 11 is 0. The first-order valence-electron chi connectivity index (χ1n) is 5.82. The molecule has 8 heteroatoms. The highest BCUT2D eigenvalue weighted by atomic mass is 19.1. The van der Waals surface area contributed by atoms with Crippen LogP contribution in [0.1, 0.15) is 19.4 Å². The average Bonchev–Trinajstić information content (AvgIpc) is 2.32. The van der Waals surface area contributed by atoms with Crippen molar-refractivity contribution in [2.75, 3.05) is 0 Å². The molecular formula is C13H10FNO6. The van der Waals surface area contributed by atoms with Crippen molar-refractivity contribution in [1.29, 1.82) is 0 Å². The lowest BCUT2D eigenvalue weighted by Gasteiger charge is -2.29. The molecule has 21 heavy (non-hydrogen) atoms. The van der Waals surface area contributed by atoms with Crippen molar-refractivity contribution >= 4 is 23.7 Å². The van der Waals surface area contributed by atoms with Gasteiger partial charge < -0.3 is 9.47 Å². The number of nitrogens with zero attached hydrogens (tertiary/aromatic N) is 1. The van der Waals surface area contributed by atoms with Gasteiger partial charge in [0.1, 0.15) is 11.4 Å². The minimum Gasteiger partial charge on any atom is -0.419 e. The van der Waals surface area contributed by atoms with Crippen LogP contribution in [0.4, 0.5) is 10.1 Å². The van der Waals surface area contributed by atoms with Crippen molar-refractivity contribution in [3.63, 3.8) is 0 Å². The number of nitro groups is 1. The summed E-state index contributed by atoms with van der Waals surface area (Å²) in [4.78, 5) is 33.6. The smallest absolute Gasteiger partial charge is 0.348 e. The molecule has 1 aliphatic rings. The fraction of sp³-hybridized carbons (Fsp3) is 0.231. The summed E-state index contributed by atoms with van der Waals surface area (Å²) in [5.41, 5.74) is -1.22. The van der Waals surface area contributed by atoms with Crippen LogP contribution in [0, 0.1) is 15.9 Å². The maximum atomic E-state index is 13.2. The number of nitro benzene ring substituents is 1. The van der Waals surface area contributed by atoms with E-state index in [-0.39, 0.29) is 5.56 Å². The van der Waals surface area contributed by atoms with Gasteiger partial charge in [-0.15, -0.1) is 0 Å². The normalized spacial score (nSPS) is 17.0. The van der Waals surface area contributed by atoms with E-state index in [0.717, 1.165) is 24.3 Å². The van der Waals surface area contributed by atoms with E-state index in [1.807, 2.05) is 0 Å². The maximum absolute atomic E-state index is 13.2. The molecule has 1 fully saturated rings. The Kier molecular flexibility index (Phi) is 3.46. The largest absolute Gasteiger partial charge is 0.419 e. The van der Waals surface area contributed by atoms with Crippen LogP contribution in [0.3, 0.4) is 0 Å². The standard InChI is InChI=1S/C13H10FNO6/c1-13(2)20-11(16)9(12(17)21-13)6-7-5-8(14)3-4-10(7)15(18)19/h3-6H,1-2H3. The highest BCUT2D eigenvalue weighted by Gasteiger charge is 2.39. The molecule has 1 heterocycles. The molecule has 0 saturated carbocycles. The molecule has 0 atom stereocenters. The summed E-state index contributed by atoms with van der Waals surface area (Å²) in [6, 6.07) is 2.68. The number of esters is 2. The number of carbonyl (C=O) groups excluding carboxylic acids is 2. The number of carbonyl (C=O) groups is 2. The topological polar surface area (TPSA) is 95.7 Å². The van der Waals surface area contributed by atoms with E-state index < -0.39 is 39.7 Å². The SMILES string of the molecule is CC1(C)OC(=O)C(=Cc2cc(F)ccc2[N+](=O)[O-])C(=O)O1. The van der Waals surface area contributed by atoms with Crippen LogP contribution in [0.2, 0.25) is 0 Å². The number of halogens is 1. The molecule has 0 aromatic heterocycles. The zero-order valence-corrected chi connectivity index (χ0v) is 11.1. The Morgan fingerprint density at radius 1 is 1.24 bits per heavy atom. The Bertz CT molecular complexity index is 657. The summed E-state index contributed by atoms with van der Waals surface area (Å²) in [6.45, 7) is 2.73. The molecule has 1 saturated heterocycles. The van der Waals surface area contributed by atoms with Gasteiger partial charge in [-0.2, -0.15) is 0 Å². The summed E-state index contributed by atoms with van der Waals surface area (Å²) < 4.78 is 22.9. The molecule has 2 rings (SSSR count). The summed E-state index contributed by atoms with van der Waals surface area (Å²) in [6.07, 6.45) is 0.876. The van der Waals surface area contributed by atoms with E-state index in [0.29, 0.717) is 0 Å². The quantitative estimate of drug-likeness (QED) is 0.272. The van der Waals surface area contributed by atoms with Gasteiger partial charge in [0.15, 0.2) is 0 Å². The lowest BCUT2D eigenvalue weighted by Crippen LogP contribution is -2.41. The van der Waals surface area contributed by atoms with E-state index in [1.54, 1.807) is 0 Å². The van der Waals surface area contributed by atoms with Crippen molar-refractivity contribution in [2.24, 2.45) is 0 Å². The highest BCUT2D eigenvalue weighted by molar-refractivity contribution is 6.19. The molecule has 110 valence electrons. The third kappa shape index (κ3) is 3.04. The van der Waals surface area contributed by atoms with E-state index in [2.05, 4.69) is 0 Å². The Morgan fingerprint density at radius 2 is 1.81 bits per heavy atom. The molecule has 7 nitrogen and oxygen atoms in total. The predicted molar refractivity (Wildman–Crippen MR) is 67.3 cm³/mol. The molecule has 0 amide bonds. The van der Waals surface area contributed by atoms with Gasteiger partial charge in [-0.3, -0.25) is 10.1 Å². The van der Waals surface area contributed by atoms with Gasteiger partial charge in [-0.25, -0.2) is 14.0 Å². The predicted octanol–water partition coefficient (Wildman–Crippen LogP) is 1.95. The third-order valence-electron chi connectivity index (χ3n) is 2.60. The van der Waals surface area contributed by atoms with Crippen LogP contribution in [0.15, 0.2) is 23.8 Å². The van der Waals surface area contributed by atoms with Crippen LogP contribution in [0.25, 0.3) is 6.08 Å². The molecule has 0 N–H and O–H groups in total. The third-order valence-corrected chi connectivity index (χ3v) is 2.60. The first kappa shape index (κ1) is 14.6. The minimum absolute atomic E-state index is 0.233. The Hall–Kier alpha value is -2.77. The number of hydrogen-bond acceptors (Lipinski definition) is 6. The van der Waals surface area contributed by atoms with Gasteiger partial charge >= 0.3 is 11.9 Å². The number of hydrogen-bond donors (Lipinski definition) is 0. The van der Waals surface area contributed by atoms with Crippen LogP contribution in [-0.2, 0) is 19.1 Å². The molecule has 1 aromatic carbocycles. The Balaban J connectivity index is 2.49. The molecule has 1 aromatic rings. The summed E-state index contributed by atoms with van der Waals surface area (Å²) in [5, 5.41) is 10.9. The molecule has 0 aliphatic carbocycles. The minimum atomic E-state index is -1.42. The number of cyclic esters (lactones) is 2. The van der Waals surface area contributed by atoms with Gasteiger partial charge in [-0.1, -0.05) is 0 Å². The lowest BCUT2D eigenvalue weighted by atomic mass is 10.1. The fourth-order valence-electron chi connectivity index (χ4n) is 1.74. The number of benzene rings is 1. The number of ether oxygens (including phenoxy) is 2. The highest BCUT2D eigenvalue weighted by Crippen LogP contribution is 2.27. The van der Waals surface area contributed by atoms with Crippen molar-refractivity contribution in [3.8, 4) is 0 Å². The zero-order chi connectivity index (χ0) is 15.8. The van der Waals surface area contributed by atoms with E-state index in [9.17, 15) is 24.1 Å². The van der Waals surface area contributed by atoms with Crippen molar-refractivity contribution in [2.45, 2.75) is 19.6 Å². The summed E-state index contributed by atoms with van der Waals surface area (Å²) in [7, 11) is 0. The van der Waals surface area contributed by atoms with Crippen molar-refractivity contribution in [3.05, 3.63) is 45.3 Å². The second-order valence-electron chi connectivity index (χ2n) is 4.70. The van der Waals surface area contributed by atoms with E-state index >= 15 is 0 Å². The molecule has 0 spiro atoms. The second kappa shape index (κ2) is 4.97. The molecule has 1 aliphatic heterocycles. The van der Waals surface area contributed by atoms with Gasteiger partial charge in [0.2, 0.25) is 0 Å². The van der Waals surface area contributed by atoms with Crippen LogP contribution in [0.5, 0.6) is 0 Å². The first-order valence-corrected chi connectivity index (χ1v) is 5.82.